The summed E-state index contributed by atoms with van der Waals surface area (Å²) < 4.78 is 38.9. The Morgan fingerprint density at radius 2 is 1.79 bits per heavy atom. The van der Waals surface area contributed by atoms with Crippen LogP contribution in [-0.2, 0) is 6.18 Å². The Morgan fingerprint density at radius 1 is 1.00 bits per heavy atom. The number of fused-ring (bicyclic) bond motifs is 1. The highest BCUT2D eigenvalue weighted by Crippen LogP contribution is 2.30. The number of halogens is 3. The number of H-pyrrole nitrogens is 1. The van der Waals surface area contributed by atoms with Crippen LogP contribution in [0.2, 0.25) is 0 Å². The van der Waals surface area contributed by atoms with Gasteiger partial charge in [0.15, 0.2) is 0 Å². The summed E-state index contributed by atoms with van der Waals surface area (Å²) in [5.41, 5.74) is 2.00. The number of benzene rings is 2. The minimum Gasteiger partial charge on any atom is -0.387 e. The molecule has 0 radical (unpaired) electrons. The van der Waals surface area contributed by atoms with Crippen LogP contribution in [0.15, 0.2) is 60.9 Å². The second kappa shape index (κ2) is 8.89. The Kier molecular flexibility index (Phi) is 5.97. The normalized spacial score (nSPS) is 11.3. The van der Waals surface area contributed by atoms with Crippen molar-refractivity contribution in [3.05, 3.63) is 83.2 Å². The van der Waals surface area contributed by atoms with Gasteiger partial charge in [-0.2, -0.15) is 13.2 Å². The number of hydrogen-bond acceptors (Lipinski definition) is 4. The highest BCUT2D eigenvalue weighted by atomic mass is 19.4. The number of hydrogen-bond donors (Lipinski definition) is 4. The first-order chi connectivity index (χ1) is 16.2. The number of amides is 2. The van der Waals surface area contributed by atoms with E-state index in [1.165, 1.54) is 18.3 Å². The maximum atomic E-state index is 13.0. The number of carbonyl (C=O) groups is 2. The van der Waals surface area contributed by atoms with Crippen molar-refractivity contribution in [2.75, 3.05) is 23.0 Å². The number of aromatic nitrogens is 2. The zero-order valence-electron chi connectivity index (χ0n) is 18.2. The van der Waals surface area contributed by atoms with Gasteiger partial charge in [0, 0.05) is 41.8 Å². The van der Waals surface area contributed by atoms with E-state index >= 15 is 0 Å². The molecule has 7 nitrogen and oxygen atoms in total. The smallest absolute Gasteiger partial charge is 0.387 e. The highest BCUT2D eigenvalue weighted by Gasteiger charge is 2.31. The Bertz CT molecular complexity index is 1400. The lowest BCUT2D eigenvalue weighted by Crippen LogP contribution is -2.16. The lowest BCUT2D eigenvalue weighted by molar-refractivity contribution is -0.137. The van der Waals surface area contributed by atoms with Crippen molar-refractivity contribution >= 4 is 39.9 Å². The molecule has 2 amide bonds. The van der Waals surface area contributed by atoms with Crippen LogP contribution in [0, 0.1) is 6.92 Å². The summed E-state index contributed by atoms with van der Waals surface area (Å²) in [5, 5.41) is 9.16. The molecule has 0 aliphatic carbocycles. The van der Waals surface area contributed by atoms with Crippen molar-refractivity contribution in [3.8, 4) is 0 Å². The molecule has 4 rings (SSSR count). The zero-order chi connectivity index (χ0) is 24.5. The van der Waals surface area contributed by atoms with Gasteiger partial charge in [0.25, 0.3) is 11.8 Å². The first-order valence-corrected chi connectivity index (χ1v) is 10.2. The monoisotopic (exact) mass is 467 g/mol. The molecule has 0 unspecified atom stereocenters. The summed E-state index contributed by atoms with van der Waals surface area (Å²) in [7, 11) is 1.70. The molecular weight excluding hydrogens is 447 g/mol. The molecule has 4 aromatic rings. The number of carbonyl (C=O) groups excluding carboxylic acids is 2. The Balaban J connectivity index is 1.56. The maximum Gasteiger partial charge on any atom is 0.416 e. The number of nitrogens with zero attached hydrogens (tertiary/aromatic N) is 1. The summed E-state index contributed by atoms with van der Waals surface area (Å²) in [6.07, 6.45) is -1.38. The maximum absolute atomic E-state index is 13.0. The van der Waals surface area contributed by atoms with Crippen molar-refractivity contribution in [2.24, 2.45) is 0 Å². The van der Waals surface area contributed by atoms with Crippen LogP contribution in [0.25, 0.3) is 11.0 Å². The van der Waals surface area contributed by atoms with Crippen molar-refractivity contribution in [1.82, 2.24) is 9.97 Å². The average Bonchev–Trinajstić information content (AvgIpc) is 3.29. The van der Waals surface area contributed by atoms with E-state index in [9.17, 15) is 22.8 Å². The van der Waals surface area contributed by atoms with Crippen LogP contribution < -0.4 is 16.0 Å². The summed E-state index contributed by atoms with van der Waals surface area (Å²) >= 11 is 0. The minimum absolute atomic E-state index is 0.134. The van der Waals surface area contributed by atoms with Crippen molar-refractivity contribution in [1.29, 1.82) is 0 Å². The van der Waals surface area contributed by atoms with Crippen molar-refractivity contribution < 1.29 is 22.8 Å². The van der Waals surface area contributed by atoms with Gasteiger partial charge in [-0.25, -0.2) is 4.98 Å². The molecule has 0 spiro atoms. The van der Waals surface area contributed by atoms with E-state index in [2.05, 4.69) is 25.9 Å². The predicted octanol–water partition coefficient (Wildman–Crippen LogP) is 5.44. The Hall–Kier alpha value is -4.34. The lowest BCUT2D eigenvalue weighted by atomic mass is 10.1. The fourth-order valence-corrected chi connectivity index (χ4v) is 3.51. The summed E-state index contributed by atoms with van der Waals surface area (Å²) in [4.78, 5) is 32.8. The van der Waals surface area contributed by atoms with E-state index in [0.717, 1.165) is 23.1 Å². The molecule has 2 aromatic carbocycles. The molecule has 0 aliphatic rings. The predicted molar refractivity (Wildman–Crippen MR) is 124 cm³/mol. The fraction of sp³-hybridized carbons (Fsp3) is 0.125. The molecule has 0 saturated heterocycles. The fourth-order valence-electron chi connectivity index (χ4n) is 3.51. The third-order valence-electron chi connectivity index (χ3n) is 5.28. The van der Waals surface area contributed by atoms with E-state index in [0.29, 0.717) is 28.3 Å². The SMILES string of the molecule is CNc1c(C(=O)Nc2cc(NC(=O)c3cccc(C(F)(F)F)c3)ccc2C)cnc2[nH]ccc12. The van der Waals surface area contributed by atoms with Gasteiger partial charge < -0.3 is 20.9 Å². The number of anilines is 3. The first-order valence-electron chi connectivity index (χ1n) is 10.2. The summed E-state index contributed by atoms with van der Waals surface area (Å²) in [5.74, 6) is -1.11. The van der Waals surface area contributed by atoms with Gasteiger partial charge >= 0.3 is 6.18 Å². The third-order valence-corrected chi connectivity index (χ3v) is 5.28. The molecule has 0 atom stereocenters. The first kappa shape index (κ1) is 22.8. The molecule has 4 N–H and O–H groups in total. The number of alkyl halides is 3. The van der Waals surface area contributed by atoms with Crippen LogP contribution in [0.5, 0.6) is 0 Å². The van der Waals surface area contributed by atoms with E-state index < -0.39 is 23.6 Å². The van der Waals surface area contributed by atoms with Gasteiger partial charge in [-0.3, -0.25) is 9.59 Å². The highest BCUT2D eigenvalue weighted by molar-refractivity contribution is 6.12. The second-order valence-corrected chi connectivity index (χ2v) is 7.55. The van der Waals surface area contributed by atoms with Crippen LogP contribution in [-0.4, -0.2) is 28.8 Å². The van der Waals surface area contributed by atoms with Crippen LogP contribution in [0.4, 0.5) is 30.2 Å². The standard InChI is InChI=1S/C24H20F3N5O2/c1-13-6-7-16(31-22(33)14-4-3-5-15(10-14)24(25,26)27)11-19(13)32-23(34)18-12-30-21-17(8-9-29-21)20(18)28-2/h3-12H,1-2H3,(H,31,33)(H,32,34)(H2,28,29,30). The van der Waals surface area contributed by atoms with Crippen LogP contribution in [0.1, 0.15) is 31.8 Å². The van der Waals surface area contributed by atoms with Crippen LogP contribution in [0.3, 0.4) is 0 Å². The van der Waals surface area contributed by atoms with Gasteiger partial charge in [-0.1, -0.05) is 12.1 Å². The van der Waals surface area contributed by atoms with E-state index in [-0.39, 0.29) is 5.56 Å². The summed E-state index contributed by atoms with van der Waals surface area (Å²) in [6, 6.07) is 10.8. The van der Waals surface area contributed by atoms with E-state index in [1.807, 2.05) is 0 Å². The molecule has 0 saturated carbocycles. The lowest BCUT2D eigenvalue weighted by Gasteiger charge is -2.14. The Labute approximate surface area is 192 Å². The van der Waals surface area contributed by atoms with Crippen molar-refractivity contribution in [3.63, 3.8) is 0 Å². The molecular formula is C24H20F3N5O2. The van der Waals surface area contributed by atoms with Crippen LogP contribution >= 0.6 is 0 Å². The Morgan fingerprint density at radius 3 is 2.53 bits per heavy atom. The van der Waals surface area contributed by atoms with Gasteiger partial charge in [0.1, 0.15) is 5.65 Å². The second-order valence-electron chi connectivity index (χ2n) is 7.55. The number of pyridine rings is 1. The molecule has 2 heterocycles. The van der Waals surface area contributed by atoms with Gasteiger partial charge in [-0.15, -0.1) is 0 Å². The number of aromatic amines is 1. The molecule has 0 fully saturated rings. The molecule has 0 aliphatic heterocycles. The topological polar surface area (TPSA) is 98.9 Å². The van der Waals surface area contributed by atoms with Gasteiger partial charge in [0.05, 0.1) is 16.8 Å². The van der Waals surface area contributed by atoms with E-state index in [1.54, 1.807) is 44.4 Å². The molecule has 10 heteroatoms. The average molecular weight is 467 g/mol. The minimum atomic E-state index is -4.55. The molecule has 2 aromatic heterocycles. The molecule has 0 bridgehead atoms. The van der Waals surface area contributed by atoms with E-state index in [4.69, 9.17) is 0 Å². The number of nitrogens with one attached hydrogen (secondary N) is 4. The molecule has 174 valence electrons. The molecule has 34 heavy (non-hydrogen) atoms. The van der Waals surface area contributed by atoms with Gasteiger partial charge in [-0.05, 0) is 48.9 Å². The quantitative estimate of drug-likeness (QED) is 0.314. The van der Waals surface area contributed by atoms with Crippen molar-refractivity contribution in [2.45, 2.75) is 13.1 Å². The summed E-state index contributed by atoms with van der Waals surface area (Å²) in [6.45, 7) is 1.78. The number of rotatable bonds is 5. The third kappa shape index (κ3) is 4.56. The number of aryl methyl sites for hydroxylation is 1. The largest absolute Gasteiger partial charge is 0.416 e. The van der Waals surface area contributed by atoms with Gasteiger partial charge in [0.2, 0.25) is 0 Å². The zero-order valence-corrected chi connectivity index (χ0v) is 18.2.